The minimum Gasteiger partial charge on any atom is -0.492 e. The fourth-order valence-electron chi connectivity index (χ4n) is 3.37. The third-order valence-electron chi connectivity index (χ3n) is 4.62. The van der Waals surface area contributed by atoms with Crippen LogP contribution in [-0.2, 0) is 0 Å². The topological polar surface area (TPSA) is 24.5 Å². The van der Waals surface area contributed by atoms with Gasteiger partial charge in [-0.15, -0.1) is 12.4 Å². The number of rotatable bonds is 4. The van der Waals surface area contributed by atoms with Crippen molar-refractivity contribution < 1.29 is 4.74 Å². The molecular weight excluding hydrogens is 284 g/mol. The summed E-state index contributed by atoms with van der Waals surface area (Å²) < 4.78 is 5.98. The molecule has 0 aromatic heterocycles. The molecule has 3 nitrogen and oxygen atoms in total. The second-order valence-electron chi connectivity index (χ2n) is 6.34. The summed E-state index contributed by atoms with van der Waals surface area (Å²) >= 11 is 0. The molecule has 2 heterocycles. The first-order chi connectivity index (χ1) is 9.70. The largest absolute Gasteiger partial charge is 0.492 e. The van der Waals surface area contributed by atoms with E-state index >= 15 is 0 Å². The van der Waals surface area contributed by atoms with E-state index in [1.54, 1.807) is 0 Å². The Bertz CT molecular complexity index is 466. The molecule has 0 spiro atoms. The Morgan fingerprint density at radius 2 is 2.00 bits per heavy atom. The summed E-state index contributed by atoms with van der Waals surface area (Å²) in [5, 5.41) is 3.72. The molecule has 2 unspecified atom stereocenters. The summed E-state index contributed by atoms with van der Waals surface area (Å²) in [4.78, 5) is 2.56. The van der Waals surface area contributed by atoms with Crippen molar-refractivity contribution in [3.63, 3.8) is 0 Å². The number of likely N-dealkylation sites (tertiary alicyclic amines) is 1. The Hall–Kier alpha value is -0.770. The van der Waals surface area contributed by atoms with E-state index in [0.29, 0.717) is 6.04 Å². The van der Waals surface area contributed by atoms with Crippen LogP contribution < -0.4 is 10.1 Å². The van der Waals surface area contributed by atoms with E-state index in [1.165, 1.54) is 43.5 Å². The summed E-state index contributed by atoms with van der Waals surface area (Å²) in [7, 11) is 0. The molecule has 0 saturated carbocycles. The minimum absolute atomic E-state index is 0. The van der Waals surface area contributed by atoms with Gasteiger partial charge in [0.25, 0.3) is 0 Å². The number of ether oxygens (including phenoxy) is 1. The lowest BCUT2D eigenvalue weighted by Gasteiger charge is -2.24. The van der Waals surface area contributed by atoms with Gasteiger partial charge < -0.3 is 10.1 Å². The number of aryl methyl sites for hydroxylation is 2. The van der Waals surface area contributed by atoms with Crippen molar-refractivity contribution in [1.82, 2.24) is 10.2 Å². The van der Waals surface area contributed by atoms with Gasteiger partial charge in [0, 0.05) is 25.2 Å². The van der Waals surface area contributed by atoms with Gasteiger partial charge in [0.15, 0.2) is 0 Å². The van der Waals surface area contributed by atoms with Gasteiger partial charge in [-0.3, -0.25) is 4.90 Å². The standard InChI is InChI=1S/C17H26N2O.ClH/c1-13-3-4-14(2)17(11-13)20-10-9-19-8-7-15-5-6-16(12-19)18-15;/h3-4,11,15-16,18H,5-10,12H2,1-2H3;1H. The van der Waals surface area contributed by atoms with Crippen molar-refractivity contribution >= 4 is 12.4 Å². The predicted octanol–water partition coefficient (Wildman–Crippen LogP) is 2.93. The summed E-state index contributed by atoms with van der Waals surface area (Å²) in [5.74, 6) is 1.04. The quantitative estimate of drug-likeness (QED) is 0.925. The summed E-state index contributed by atoms with van der Waals surface area (Å²) in [6.45, 7) is 8.46. The van der Waals surface area contributed by atoms with Crippen LogP contribution in [-0.4, -0.2) is 43.2 Å². The van der Waals surface area contributed by atoms with Crippen molar-refractivity contribution in [2.45, 2.75) is 45.2 Å². The van der Waals surface area contributed by atoms with Crippen LogP contribution in [0.1, 0.15) is 30.4 Å². The zero-order chi connectivity index (χ0) is 13.9. The van der Waals surface area contributed by atoms with Crippen molar-refractivity contribution in [3.05, 3.63) is 29.3 Å². The predicted molar refractivity (Wildman–Crippen MR) is 89.7 cm³/mol. The van der Waals surface area contributed by atoms with E-state index in [9.17, 15) is 0 Å². The second-order valence-corrected chi connectivity index (χ2v) is 6.34. The second kappa shape index (κ2) is 7.48. The Kier molecular flexibility index (Phi) is 5.91. The summed E-state index contributed by atoms with van der Waals surface area (Å²) in [6.07, 6.45) is 4.01. The highest BCUT2D eigenvalue weighted by molar-refractivity contribution is 5.85. The molecule has 118 valence electrons. The highest BCUT2D eigenvalue weighted by Gasteiger charge is 2.28. The van der Waals surface area contributed by atoms with Gasteiger partial charge in [0.2, 0.25) is 0 Å². The van der Waals surface area contributed by atoms with E-state index in [0.717, 1.165) is 24.9 Å². The summed E-state index contributed by atoms with van der Waals surface area (Å²) in [6, 6.07) is 7.90. The molecule has 1 aromatic rings. The van der Waals surface area contributed by atoms with E-state index in [2.05, 4.69) is 42.3 Å². The van der Waals surface area contributed by atoms with Crippen molar-refractivity contribution in [2.75, 3.05) is 26.2 Å². The van der Waals surface area contributed by atoms with E-state index in [1.807, 2.05) is 0 Å². The van der Waals surface area contributed by atoms with Crippen LogP contribution in [0.4, 0.5) is 0 Å². The molecule has 0 amide bonds. The molecule has 1 N–H and O–H groups in total. The lowest BCUT2D eigenvalue weighted by atomic mass is 10.1. The third kappa shape index (κ3) is 4.35. The molecule has 3 rings (SSSR count). The lowest BCUT2D eigenvalue weighted by molar-refractivity contribution is 0.201. The molecule has 0 aliphatic carbocycles. The molecular formula is C17H27ClN2O. The molecule has 21 heavy (non-hydrogen) atoms. The number of hydrogen-bond acceptors (Lipinski definition) is 3. The Balaban J connectivity index is 0.00000161. The first-order valence-electron chi connectivity index (χ1n) is 7.89. The molecule has 2 aliphatic heterocycles. The molecule has 2 atom stereocenters. The zero-order valence-electron chi connectivity index (χ0n) is 13.1. The molecule has 2 fully saturated rings. The number of benzene rings is 1. The molecule has 2 bridgehead atoms. The van der Waals surface area contributed by atoms with Crippen LogP contribution in [0.5, 0.6) is 5.75 Å². The number of halogens is 1. The number of fused-ring (bicyclic) bond motifs is 2. The molecule has 1 aromatic carbocycles. The smallest absolute Gasteiger partial charge is 0.122 e. The lowest BCUT2D eigenvalue weighted by Crippen LogP contribution is -2.37. The van der Waals surface area contributed by atoms with E-state index in [4.69, 9.17) is 4.74 Å². The Morgan fingerprint density at radius 1 is 1.19 bits per heavy atom. The van der Waals surface area contributed by atoms with Crippen LogP contribution in [0.25, 0.3) is 0 Å². The molecule has 2 saturated heterocycles. The first-order valence-corrected chi connectivity index (χ1v) is 7.89. The molecule has 0 radical (unpaired) electrons. The molecule has 2 aliphatic rings. The highest BCUT2D eigenvalue weighted by atomic mass is 35.5. The highest BCUT2D eigenvalue weighted by Crippen LogP contribution is 2.21. The van der Waals surface area contributed by atoms with Crippen molar-refractivity contribution in [2.24, 2.45) is 0 Å². The summed E-state index contributed by atoms with van der Waals surface area (Å²) in [5.41, 5.74) is 2.49. The van der Waals surface area contributed by atoms with Gasteiger partial charge in [-0.2, -0.15) is 0 Å². The Labute approximate surface area is 134 Å². The van der Waals surface area contributed by atoms with Crippen LogP contribution >= 0.6 is 12.4 Å². The number of nitrogens with one attached hydrogen (secondary N) is 1. The van der Waals surface area contributed by atoms with Gasteiger partial charge in [-0.05, 0) is 56.8 Å². The van der Waals surface area contributed by atoms with Crippen LogP contribution in [0, 0.1) is 13.8 Å². The maximum absolute atomic E-state index is 5.98. The van der Waals surface area contributed by atoms with Crippen LogP contribution in [0.2, 0.25) is 0 Å². The normalized spacial score (nSPS) is 25.2. The Morgan fingerprint density at radius 3 is 2.86 bits per heavy atom. The number of hydrogen-bond donors (Lipinski definition) is 1. The SMILES string of the molecule is Cc1ccc(C)c(OCCN2CCC3CCC(C2)N3)c1.Cl. The van der Waals surface area contributed by atoms with E-state index < -0.39 is 0 Å². The zero-order valence-corrected chi connectivity index (χ0v) is 13.9. The first kappa shape index (κ1) is 16.6. The van der Waals surface area contributed by atoms with Gasteiger partial charge in [0.05, 0.1) is 0 Å². The maximum Gasteiger partial charge on any atom is 0.122 e. The van der Waals surface area contributed by atoms with Gasteiger partial charge in [-0.1, -0.05) is 12.1 Å². The number of nitrogens with zero attached hydrogens (tertiary/aromatic N) is 1. The maximum atomic E-state index is 5.98. The molecule has 4 heteroatoms. The van der Waals surface area contributed by atoms with E-state index in [-0.39, 0.29) is 12.4 Å². The van der Waals surface area contributed by atoms with Crippen molar-refractivity contribution in [1.29, 1.82) is 0 Å². The monoisotopic (exact) mass is 310 g/mol. The van der Waals surface area contributed by atoms with Crippen molar-refractivity contribution in [3.8, 4) is 5.75 Å². The van der Waals surface area contributed by atoms with Gasteiger partial charge in [-0.25, -0.2) is 0 Å². The van der Waals surface area contributed by atoms with Crippen LogP contribution in [0.3, 0.4) is 0 Å². The minimum atomic E-state index is 0. The third-order valence-corrected chi connectivity index (χ3v) is 4.62. The fraction of sp³-hybridized carbons (Fsp3) is 0.647. The average molecular weight is 311 g/mol. The fourth-order valence-corrected chi connectivity index (χ4v) is 3.37. The van der Waals surface area contributed by atoms with Gasteiger partial charge >= 0.3 is 0 Å². The van der Waals surface area contributed by atoms with Gasteiger partial charge in [0.1, 0.15) is 12.4 Å². The van der Waals surface area contributed by atoms with Crippen LogP contribution in [0.15, 0.2) is 18.2 Å². The average Bonchev–Trinajstić information content (AvgIpc) is 2.76.